The van der Waals surface area contributed by atoms with Gasteiger partial charge in [0.05, 0.1) is 6.04 Å². The lowest BCUT2D eigenvalue weighted by atomic mass is 10.2. The van der Waals surface area contributed by atoms with Crippen LogP contribution in [0.25, 0.3) is 0 Å². The van der Waals surface area contributed by atoms with Crippen molar-refractivity contribution in [3.05, 3.63) is 11.6 Å². The summed E-state index contributed by atoms with van der Waals surface area (Å²) in [4.78, 5) is 32.9. The minimum Gasteiger partial charge on any atom is -0.346 e. The molecule has 1 atom stereocenters. The van der Waals surface area contributed by atoms with E-state index < -0.39 is 0 Å². The first-order valence-electron chi connectivity index (χ1n) is 8.63. The van der Waals surface area contributed by atoms with Crippen molar-refractivity contribution in [3.8, 4) is 0 Å². The molecule has 2 N–H and O–H groups in total. The number of urea groups is 1. The zero-order chi connectivity index (χ0) is 16.9. The Kier molecular flexibility index (Phi) is 5.68. The number of anilines is 1. The van der Waals surface area contributed by atoms with Crippen LogP contribution in [0.4, 0.5) is 9.93 Å². The minimum atomic E-state index is -0.361. The molecule has 8 heteroatoms. The number of amides is 3. The molecule has 1 aliphatic carbocycles. The zero-order valence-electron chi connectivity index (χ0n) is 14.0. The van der Waals surface area contributed by atoms with Gasteiger partial charge in [0.25, 0.3) is 0 Å². The van der Waals surface area contributed by atoms with Gasteiger partial charge in [-0.2, -0.15) is 0 Å². The molecule has 0 radical (unpaired) electrons. The standard InChI is InChI=1S/C16H25N5O2S/c1-12(14(22)19-15(23)18-13-4-2-3-5-13)20-7-9-21(10-8-20)16-17-6-11-24-16/h6,11-13H,2-5,7-10H2,1H3,(H2,18,19,22,23). The molecule has 2 heterocycles. The Labute approximate surface area is 146 Å². The normalized spacial score (nSPS) is 20.8. The Morgan fingerprint density at radius 1 is 1.25 bits per heavy atom. The SMILES string of the molecule is CC(C(=O)NC(=O)NC1CCCC1)N1CCN(c2nccs2)CC1. The first-order valence-corrected chi connectivity index (χ1v) is 9.51. The van der Waals surface area contributed by atoms with E-state index in [0.717, 1.165) is 57.0 Å². The molecule has 1 aliphatic heterocycles. The summed E-state index contributed by atoms with van der Waals surface area (Å²) in [5.74, 6) is -0.229. The Bertz CT molecular complexity index is 551. The third-order valence-corrected chi connectivity index (χ3v) is 5.69. The average Bonchev–Trinajstić information content (AvgIpc) is 3.27. The van der Waals surface area contributed by atoms with E-state index in [1.807, 2.05) is 18.5 Å². The second-order valence-electron chi connectivity index (χ2n) is 6.46. The number of hydrogen-bond acceptors (Lipinski definition) is 6. The molecule has 3 rings (SSSR count). The fourth-order valence-corrected chi connectivity index (χ4v) is 4.04. The first-order chi connectivity index (χ1) is 11.6. The highest BCUT2D eigenvalue weighted by Crippen LogP contribution is 2.20. The number of imide groups is 1. The van der Waals surface area contributed by atoms with Crippen LogP contribution in [-0.2, 0) is 4.79 Å². The highest BCUT2D eigenvalue weighted by atomic mass is 32.1. The Morgan fingerprint density at radius 2 is 1.96 bits per heavy atom. The summed E-state index contributed by atoms with van der Waals surface area (Å²) in [5.41, 5.74) is 0. The molecule has 132 valence electrons. The van der Waals surface area contributed by atoms with E-state index in [-0.39, 0.29) is 24.0 Å². The van der Waals surface area contributed by atoms with Gasteiger partial charge in [0, 0.05) is 43.8 Å². The van der Waals surface area contributed by atoms with Crippen molar-refractivity contribution in [3.63, 3.8) is 0 Å². The molecule has 1 aromatic heterocycles. The molecule has 7 nitrogen and oxygen atoms in total. The average molecular weight is 351 g/mol. The molecule has 2 fully saturated rings. The summed E-state index contributed by atoms with van der Waals surface area (Å²) in [6.07, 6.45) is 6.13. The predicted octanol–water partition coefficient (Wildman–Crippen LogP) is 1.42. The van der Waals surface area contributed by atoms with Crippen molar-refractivity contribution >= 4 is 28.4 Å². The maximum Gasteiger partial charge on any atom is 0.321 e. The molecule has 3 amide bonds. The highest BCUT2D eigenvalue weighted by molar-refractivity contribution is 7.13. The molecule has 1 saturated heterocycles. The quantitative estimate of drug-likeness (QED) is 0.858. The van der Waals surface area contributed by atoms with Crippen LogP contribution in [0.3, 0.4) is 0 Å². The van der Waals surface area contributed by atoms with Crippen LogP contribution in [0.2, 0.25) is 0 Å². The van der Waals surface area contributed by atoms with E-state index in [0.29, 0.717) is 0 Å². The highest BCUT2D eigenvalue weighted by Gasteiger charge is 2.27. The van der Waals surface area contributed by atoms with Gasteiger partial charge in [-0.25, -0.2) is 9.78 Å². The van der Waals surface area contributed by atoms with Gasteiger partial charge in [-0.1, -0.05) is 12.8 Å². The zero-order valence-corrected chi connectivity index (χ0v) is 14.8. The van der Waals surface area contributed by atoms with E-state index in [2.05, 4.69) is 25.4 Å². The first kappa shape index (κ1) is 17.2. The third-order valence-electron chi connectivity index (χ3n) is 4.86. The van der Waals surface area contributed by atoms with Gasteiger partial charge in [0.15, 0.2) is 5.13 Å². The molecule has 0 bridgehead atoms. The largest absolute Gasteiger partial charge is 0.346 e. The van der Waals surface area contributed by atoms with Crippen molar-refractivity contribution in [2.45, 2.75) is 44.7 Å². The van der Waals surface area contributed by atoms with E-state index >= 15 is 0 Å². The van der Waals surface area contributed by atoms with Gasteiger partial charge in [-0.3, -0.25) is 15.0 Å². The van der Waals surface area contributed by atoms with Gasteiger partial charge >= 0.3 is 6.03 Å². The smallest absolute Gasteiger partial charge is 0.321 e. The van der Waals surface area contributed by atoms with Crippen LogP contribution in [0, 0.1) is 0 Å². The van der Waals surface area contributed by atoms with Crippen LogP contribution in [0.5, 0.6) is 0 Å². The van der Waals surface area contributed by atoms with E-state index in [9.17, 15) is 9.59 Å². The number of nitrogens with zero attached hydrogens (tertiary/aromatic N) is 3. The van der Waals surface area contributed by atoms with Crippen molar-refractivity contribution in [2.75, 3.05) is 31.1 Å². The van der Waals surface area contributed by atoms with Gasteiger partial charge in [-0.05, 0) is 19.8 Å². The second-order valence-corrected chi connectivity index (χ2v) is 7.33. The molecule has 1 aromatic rings. The van der Waals surface area contributed by atoms with Gasteiger partial charge < -0.3 is 10.2 Å². The maximum absolute atomic E-state index is 12.3. The van der Waals surface area contributed by atoms with Crippen LogP contribution in [0.1, 0.15) is 32.6 Å². The van der Waals surface area contributed by atoms with Crippen molar-refractivity contribution in [1.29, 1.82) is 0 Å². The van der Waals surface area contributed by atoms with Crippen LogP contribution >= 0.6 is 11.3 Å². The molecule has 0 aromatic carbocycles. The van der Waals surface area contributed by atoms with E-state index in [1.54, 1.807) is 11.3 Å². The van der Waals surface area contributed by atoms with Gasteiger partial charge in [0.2, 0.25) is 5.91 Å². The summed E-state index contributed by atoms with van der Waals surface area (Å²) in [6.45, 7) is 5.13. The van der Waals surface area contributed by atoms with Gasteiger partial charge in [0.1, 0.15) is 0 Å². The monoisotopic (exact) mass is 351 g/mol. The summed E-state index contributed by atoms with van der Waals surface area (Å²) in [7, 11) is 0. The van der Waals surface area contributed by atoms with Crippen molar-refractivity contribution < 1.29 is 9.59 Å². The number of hydrogen-bond donors (Lipinski definition) is 2. The predicted molar refractivity (Wildman–Crippen MR) is 94.3 cm³/mol. The van der Waals surface area contributed by atoms with Gasteiger partial charge in [-0.15, -0.1) is 11.3 Å². The number of thiazole rings is 1. The third kappa shape index (κ3) is 4.24. The summed E-state index contributed by atoms with van der Waals surface area (Å²) >= 11 is 1.63. The Balaban J connectivity index is 1.43. The summed E-state index contributed by atoms with van der Waals surface area (Å²) < 4.78 is 0. The molecule has 1 saturated carbocycles. The fraction of sp³-hybridized carbons (Fsp3) is 0.688. The minimum absolute atomic E-state index is 0.218. The van der Waals surface area contributed by atoms with Crippen LogP contribution < -0.4 is 15.5 Å². The Hall–Kier alpha value is -1.67. The summed E-state index contributed by atoms with van der Waals surface area (Å²) in [6, 6.07) is -0.451. The molecule has 24 heavy (non-hydrogen) atoms. The van der Waals surface area contributed by atoms with Crippen LogP contribution in [0.15, 0.2) is 11.6 Å². The number of carbonyl (C=O) groups is 2. The second kappa shape index (κ2) is 7.94. The van der Waals surface area contributed by atoms with Crippen molar-refractivity contribution in [1.82, 2.24) is 20.5 Å². The van der Waals surface area contributed by atoms with E-state index in [1.165, 1.54) is 0 Å². The number of piperazine rings is 1. The lowest BCUT2D eigenvalue weighted by molar-refractivity contribution is -0.124. The summed E-state index contributed by atoms with van der Waals surface area (Å²) in [5, 5.41) is 8.38. The van der Waals surface area contributed by atoms with Crippen molar-refractivity contribution in [2.24, 2.45) is 0 Å². The number of carbonyl (C=O) groups excluding carboxylic acids is 2. The molecular weight excluding hydrogens is 326 g/mol. The Morgan fingerprint density at radius 3 is 2.58 bits per heavy atom. The topological polar surface area (TPSA) is 77.6 Å². The molecule has 2 aliphatic rings. The number of nitrogens with one attached hydrogen (secondary N) is 2. The molecule has 1 unspecified atom stereocenters. The van der Waals surface area contributed by atoms with Crippen LogP contribution in [-0.4, -0.2) is 60.1 Å². The molecular formula is C16H25N5O2S. The number of rotatable bonds is 4. The maximum atomic E-state index is 12.3. The molecule has 0 spiro atoms. The van der Waals surface area contributed by atoms with E-state index in [4.69, 9.17) is 0 Å². The lowest BCUT2D eigenvalue weighted by Gasteiger charge is -2.37. The number of aromatic nitrogens is 1. The lowest BCUT2D eigenvalue weighted by Crippen LogP contribution is -2.56. The fourth-order valence-electron chi connectivity index (χ4n) is 3.35.